The maximum atomic E-state index is 2.27. The third-order valence-corrected chi connectivity index (χ3v) is 3.94. The highest BCUT2D eigenvalue weighted by Gasteiger charge is 2.14. The topological polar surface area (TPSA) is 8.29 Å². The Hall–Kier alpha value is -2.09. The van der Waals surface area contributed by atoms with Crippen LogP contribution in [0, 0.1) is 20.8 Å². The van der Waals surface area contributed by atoms with E-state index >= 15 is 0 Å². The van der Waals surface area contributed by atoms with Gasteiger partial charge in [0.05, 0.1) is 13.2 Å². The molecule has 1 aromatic carbocycles. The van der Waals surface area contributed by atoms with Crippen LogP contribution in [0.1, 0.15) is 16.7 Å². The van der Waals surface area contributed by atoms with Gasteiger partial charge in [-0.05, 0) is 44.0 Å². The first-order valence-electron chi connectivity index (χ1n) is 6.62. The molecule has 0 aliphatic carbocycles. The maximum Gasteiger partial charge on any atom is 0.286 e. The van der Waals surface area contributed by atoms with Gasteiger partial charge in [-0.1, -0.05) is 11.6 Å². The minimum atomic E-state index is 1.20. The van der Waals surface area contributed by atoms with Gasteiger partial charge in [-0.25, -0.2) is 8.97 Å². The standard InChI is InChI=1S/C17H19N2/c1-12-10-13(2)14(3)15(11-12)16-7-9-19-8-5-6-17(19)18(16)4/h5-11H,1-4H3/q+1. The first-order chi connectivity index (χ1) is 9.08. The summed E-state index contributed by atoms with van der Waals surface area (Å²) >= 11 is 0. The number of rotatable bonds is 1. The lowest BCUT2D eigenvalue weighted by atomic mass is 9.97. The van der Waals surface area contributed by atoms with Crippen LogP contribution >= 0.6 is 0 Å². The molecule has 0 saturated carbocycles. The van der Waals surface area contributed by atoms with E-state index in [4.69, 9.17) is 0 Å². The van der Waals surface area contributed by atoms with Crippen molar-refractivity contribution in [3.63, 3.8) is 0 Å². The number of aromatic nitrogens is 2. The fourth-order valence-corrected chi connectivity index (χ4v) is 2.76. The summed E-state index contributed by atoms with van der Waals surface area (Å²) in [6, 6.07) is 10.9. The molecule has 0 N–H and O–H groups in total. The summed E-state index contributed by atoms with van der Waals surface area (Å²) in [5.74, 6) is 0. The number of nitrogens with zero attached hydrogens (tertiary/aromatic N) is 2. The Kier molecular flexibility index (Phi) is 2.67. The molecule has 2 heterocycles. The second kappa shape index (κ2) is 4.23. The van der Waals surface area contributed by atoms with Crippen molar-refractivity contribution < 1.29 is 4.57 Å². The highest BCUT2D eigenvalue weighted by atomic mass is 15.1. The monoisotopic (exact) mass is 251 g/mol. The van der Waals surface area contributed by atoms with Crippen LogP contribution in [0.4, 0.5) is 0 Å². The molecule has 0 amide bonds. The van der Waals surface area contributed by atoms with Crippen LogP contribution in [-0.4, -0.2) is 4.40 Å². The average molecular weight is 251 g/mol. The summed E-state index contributed by atoms with van der Waals surface area (Å²) in [5, 5.41) is 0. The summed E-state index contributed by atoms with van der Waals surface area (Å²) in [6.07, 6.45) is 4.20. The van der Waals surface area contributed by atoms with Crippen LogP contribution < -0.4 is 4.57 Å². The summed E-state index contributed by atoms with van der Waals surface area (Å²) in [6.45, 7) is 6.54. The molecule has 2 aromatic heterocycles. The highest BCUT2D eigenvalue weighted by molar-refractivity contribution is 5.64. The Morgan fingerprint density at radius 1 is 1.00 bits per heavy atom. The minimum absolute atomic E-state index is 1.20. The third-order valence-electron chi connectivity index (χ3n) is 3.94. The van der Waals surface area contributed by atoms with E-state index in [1.807, 2.05) is 0 Å². The van der Waals surface area contributed by atoms with Gasteiger partial charge in [0.15, 0.2) is 0 Å². The van der Waals surface area contributed by atoms with E-state index in [-0.39, 0.29) is 0 Å². The van der Waals surface area contributed by atoms with Crippen molar-refractivity contribution in [2.75, 3.05) is 0 Å². The van der Waals surface area contributed by atoms with E-state index in [0.717, 1.165) is 0 Å². The Bertz CT molecular complexity index is 766. The molecule has 0 aliphatic heterocycles. The van der Waals surface area contributed by atoms with Crippen LogP contribution in [0.5, 0.6) is 0 Å². The molecule has 0 fully saturated rings. The van der Waals surface area contributed by atoms with Crippen LogP contribution in [0.2, 0.25) is 0 Å². The average Bonchev–Trinajstić information content (AvgIpc) is 2.84. The summed E-state index contributed by atoms with van der Waals surface area (Å²) < 4.78 is 4.39. The van der Waals surface area contributed by atoms with Gasteiger partial charge in [0.1, 0.15) is 11.9 Å². The molecule has 19 heavy (non-hydrogen) atoms. The first-order valence-corrected chi connectivity index (χ1v) is 6.62. The number of hydrogen-bond donors (Lipinski definition) is 0. The predicted molar refractivity (Wildman–Crippen MR) is 78.2 cm³/mol. The zero-order chi connectivity index (χ0) is 13.6. The fraction of sp³-hybridized carbons (Fsp3) is 0.235. The van der Waals surface area contributed by atoms with Crippen molar-refractivity contribution in [1.82, 2.24) is 4.40 Å². The Balaban J connectivity index is 2.33. The SMILES string of the molecule is Cc1cc(C)c(C)c(-c2ccn3cccc3[n+]2C)c1. The lowest BCUT2D eigenvalue weighted by Gasteiger charge is -2.11. The van der Waals surface area contributed by atoms with E-state index in [1.165, 1.54) is 33.6 Å². The highest BCUT2D eigenvalue weighted by Crippen LogP contribution is 2.25. The van der Waals surface area contributed by atoms with Crippen molar-refractivity contribution in [2.45, 2.75) is 20.8 Å². The molecule has 2 heteroatoms. The largest absolute Gasteiger partial charge is 0.286 e. The Labute approximate surface area is 113 Å². The second-order valence-corrected chi connectivity index (χ2v) is 5.29. The van der Waals surface area contributed by atoms with Crippen LogP contribution in [0.25, 0.3) is 16.9 Å². The number of aryl methyl sites for hydroxylation is 3. The van der Waals surface area contributed by atoms with Crippen LogP contribution in [0.3, 0.4) is 0 Å². The molecule has 96 valence electrons. The van der Waals surface area contributed by atoms with Crippen molar-refractivity contribution in [1.29, 1.82) is 0 Å². The van der Waals surface area contributed by atoms with Gasteiger partial charge in [-0.3, -0.25) is 0 Å². The van der Waals surface area contributed by atoms with Crippen LogP contribution in [0.15, 0.2) is 42.7 Å². The molecule has 3 aromatic rings. The van der Waals surface area contributed by atoms with Gasteiger partial charge in [0.2, 0.25) is 0 Å². The smallest absolute Gasteiger partial charge is 0.229 e. The molecule has 0 unspecified atom stereocenters. The molecule has 0 atom stereocenters. The van der Waals surface area contributed by atoms with E-state index in [0.29, 0.717) is 0 Å². The van der Waals surface area contributed by atoms with Gasteiger partial charge in [0, 0.05) is 17.7 Å². The Morgan fingerprint density at radius 2 is 1.79 bits per heavy atom. The van der Waals surface area contributed by atoms with E-state index in [2.05, 4.69) is 79.5 Å². The zero-order valence-corrected chi connectivity index (χ0v) is 11.9. The van der Waals surface area contributed by atoms with E-state index < -0.39 is 0 Å². The summed E-state index contributed by atoms with van der Waals surface area (Å²) in [5.41, 5.74) is 7.81. The number of hydrogen-bond acceptors (Lipinski definition) is 0. The van der Waals surface area contributed by atoms with Crippen molar-refractivity contribution in [3.8, 4) is 11.3 Å². The van der Waals surface area contributed by atoms with E-state index in [9.17, 15) is 0 Å². The van der Waals surface area contributed by atoms with Gasteiger partial charge in [-0.15, -0.1) is 0 Å². The zero-order valence-electron chi connectivity index (χ0n) is 11.9. The maximum absolute atomic E-state index is 2.27. The lowest BCUT2D eigenvalue weighted by molar-refractivity contribution is -0.637. The Morgan fingerprint density at radius 3 is 2.58 bits per heavy atom. The van der Waals surface area contributed by atoms with Crippen molar-refractivity contribution in [2.24, 2.45) is 7.05 Å². The molecule has 0 radical (unpaired) electrons. The van der Waals surface area contributed by atoms with Crippen molar-refractivity contribution in [3.05, 3.63) is 59.4 Å². The molecule has 0 aliphatic rings. The normalized spacial score (nSPS) is 11.2. The molecule has 0 saturated heterocycles. The number of fused-ring (bicyclic) bond motifs is 1. The third kappa shape index (κ3) is 1.84. The second-order valence-electron chi connectivity index (χ2n) is 5.29. The van der Waals surface area contributed by atoms with Gasteiger partial charge < -0.3 is 0 Å². The van der Waals surface area contributed by atoms with Crippen molar-refractivity contribution >= 4 is 5.65 Å². The molecule has 3 rings (SSSR count). The molecular weight excluding hydrogens is 232 g/mol. The summed E-state index contributed by atoms with van der Waals surface area (Å²) in [7, 11) is 2.13. The molecule has 0 spiro atoms. The molecular formula is C17H19N2+. The van der Waals surface area contributed by atoms with Gasteiger partial charge in [0.25, 0.3) is 5.65 Å². The first kappa shape index (κ1) is 12.0. The number of benzene rings is 1. The predicted octanol–water partition coefficient (Wildman–Crippen LogP) is 3.36. The molecule has 2 nitrogen and oxygen atoms in total. The minimum Gasteiger partial charge on any atom is -0.229 e. The summed E-state index contributed by atoms with van der Waals surface area (Å²) in [4.78, 5) is 0. The van der Waals surface area contributed by atoms with Crippen LogP contribution in [-0.2, 0) is 7.05 Å². The van der Waals surface area contributed by atoms with Gasteiger partial charge in [-0.2, -0.15) is 0 Å². The van der Waals surface area contributed by atoms with Gasteiger partial charge >= 0.3 is 0 Å². The quantitative estimate of drug-likeness (QED) is 0.586. The lowest BCUT2D eigenvalue weighted by Crippen LogP contribution is -2.33. The molecule has 0 bridgehead atoms. The van der Waals surface area contributed by atoms with E-state index in [1.54, 1.807) is 0 Å². The fourth-order valence-electron chi connectivity index (χ4n) is 2.76.